The lowest BCUT2D eigenvalue weighted by molar-refractivity contribution is -0.384. The number of rotatable bonds is 7. The number of benzene rings is 1. The number of nitro benzene ring substituents is 1. The first-order valence-electron chi connectivity index (χ1n) is 5.89. The van der Waals surface area contributed by atoms with Crippen molar-refractivity contribution < 1.29 is 10.0 Å². The standard InChI is InChI=1S/C13H18N2O3/c1-2-3-4-9-14-10-13(16)11-5-7-12(8-6-11)15(17)18/h2-3,5-8,13-14,16H,4,9-10H2,1H3/b3-2+. The average Bonchev–Trinajstić information content (AvgIpc) is 2.38. The molecule has 5 nitrogen and oxygen atoms in total. The first-order chi connectivity index (χ1) is 8.65. The first-order valence-corrected chi connectivity index (χ1v) is 5.89. The van der Waals surface area contributed by atoms with E-state index in [2.05, 4.69) is 5.32 Å². The maximum absolute atomic E-state index is 10.5. The molecule has 0 aliphatic heterocycles. The molecule has 0 saturated heterocycles. The van der Waals surface area contributed by atoms with E-state index in [1.54, 1.807) is 12.1 Å². The van der Waals surface area contributed by atoms with Gasteiger partial charge in [0.1, 0.15) is 0 Å². The van der Waals surface area contributed by atoms with Crippen LogP contribution in [0.4, 0.5) is 5.69 Å². The first kappa shape index (κ1) is 14.3. The molecular formula is C13H18N2O3. The fourth-order valence-corrected chi connectivity index (χ4v) is 1.53. The number of hydrogen-bond acceptors (Lipinski definition) is 4. The van der Waals surface area contributed by atoms with E-state index < -0.39 is 11.0 Å². The minimum Gasteiger partial charge on any atom is -0.387 e. The van der Waals surface area contributed by atoms with Crippen molar-refractivity contribution >= 4 is 5.69 Å². The number of aliphatic hydroxyl groups excluding tert-OH is 1. The summed E-state index contributed by atoms with van der Waals surface area (Å²) >= 11 is 0. The summed E-state index contributed by atoms with van der Waals surface area (Å²) in [5.41, 5.74) is 0.714. The number of non-ortho nitro benzene ring substituents is 1. The highest BCUT2D eigenvalue weighted by Crippen LogP contribution is 2.17. The van der Waals surface area contributed by atoms with Crippen molar-refractivity contribution in [2.45, 2.75) is 19.4 Å². The molecule has 0 aliphatic rings. The quantitative estimate of drug-likeness (QED) is 0.336. The maximum atomic E-state index is 10.5. The molecule has 2 N–H and O–H groups in total. The summed E-state index contributed by atoms with van der Waals surface area (Å²) in [6.45, 7) is 3.20. The Balaban J connectivity index is 2.41. The van der Waals surface area contributed by atoms with Crippen molar-refractivity contribution in [2.24, 2.45) is 0 Å². The van der Waals surface area contributed by atoms with Crippen LogP contribution in [0.25, 0.3) is 0 Å². The number of nitrogens with zero attached hydrogens (tertiary/aromatic N) is 1. The monoisotopic (exact) mass is 250 g/mol. The molecule has 0 amide bonds. The number of allylic oxidation sites excluding steroid dienone is 1. The maximum Gasteiger partial charge on any atom is 0.269 e. The lowest BCUT2D eigenvalue weighted by atomic mass is 10.1. The van der Waals surface area contributed by atoms with E-state index in [1.807, 2.05) is 19.1 Å². The summed E-state index contributed by atoms with van der Waals surface area (Å²) in [6, 6.07) is 5.96. The van der Waals surface area contributed by atoms with Gasteiger partial charge in [-0.05, 0) is 37.6 Å². The van der Waals surface area contributed by atoms with Crippen LogP contribution in [0.2, 0.25) is 0 Å². The lowest BCUT2D eigenvalue weighted by Crippen LogP contribution is -2.22. The van der Waals surface area contributed by atoms with Gasteiger partial charge in [-0.1, -0.05) is 12.2 Å². The van der Waals surface area contributed by atoms with Crippen LogP contribution in [-0.2, 0) is 0 Å². The van der Waals surface area contributed by atoms with Gasteiger partial charge < -0.3 is 10.4 Å². The molecule has 1 aromatic carbocycles. The topological polar surface area (TPSA) is 75.4 Å². The van der Waals surface area contributed by atoms with E-state index >= 15 is 0 Å². The van der Waals surface area contributed by atoms with Crippen molar-refractivity contribution in [1.29, 1.82) is 0 Å². The third-order valence-corrected chi connectivity index (χ3v) is 2.55. The summed E-state index contributed by atoms with van der Waals surface area (Å²) in [4.78, 5) is 10.0. The van der Waals surface area contributed by atoms with Gasteiger partial charge in [0, 0.05) is 18.7 Å². The highest BCUT2D eigenvalue weighted by Gasteiger charge is 2.09. The zero-order chi connectivity index (χ0) is 13.4. The second-order valence-electron chi connectivity index (χ2n) is 3.93. The molecule has 1 unspecified atom stereocenters. The predicted octanol–water partition coefficient (Wildman–Crippen LogP) is 2.18. The fourth-order valence-electron chi connectivity index (χ4n) is 1.53. The van der Waals surface area contributed by atoms with Gasteiger partial charge in [0.25, 0.3) is 5.69 Å². The van der Waals surface area contributed by atoms with Gasteiger partial charge in [-0.25, -0.2) is 0 Å². The Kier molecular flexibility index (Phi) is 6.04. The van der Waals surface area contributed by atoms with Gasteiger partial charge in [-0.15, -0.1) is 0 Å². The van der Waals surface area contributed by atoms with E-state index in [4.69, 9.17) is 0 Å². The molecule has 0 fully saturated rings. The molecule has 0 spiro atoms. The lowest BCUT2D eigenvalue weighted by Gasteiger charge is -2.11. The SMILES string of the molecule is C/C=C/CCNCC(O)c1ccc([N+](=O)[O-])cc1. The summed E-state index contributed by atoms with van der Waals surface area (Å²) in [5, 5.41) is 23.5. The molecule has 0 aromatic heterocycles. The minimum atomic E-state index is -0.642. The number of nitro groups is 1. The Bertz CT molecular complexity index is 401. The summed E-state index contributed by atoms with van der Waals surface area (Å²) in [7, 11) is 0. The highest BCUT2D eigenvalue weighted by atomic mass is 16.6. The van der Waals surface area contributed by atoms with Crippen molar-refractivity contribution in [2.75, 3.05) is 13.1 Å². The zero-order valence-corrected chi connectivity index (χ0v) is 10.4. The van der Waals surface area contributed by atoms with E-state index in [1.165, 1.54) is 12.1 Å². The molecule has 0 bridgehead atoms. The minimum absolute atomic E-state index is 0.0343. The molecule has 0 heterocycles. The molecule has 0 saturated carbocycles. The Morgan fingerprint density at radius 3 is 2.67 bits per heavy atom. The van der Waals surface area contributed by atoms with Crippen LogP contribution in [0.15, 0.2) is 36.4 Å². The molecular weight excluding hydrogens is 232 g/mol. The third-order valence-electron chi connectivity index (χ3n) is 2.55. The van der Waals surface area contributed by atoms with Gasteiger partial charge in [-0.3, -0.25) is 10.1 Å². The van der Waals surface area contributed by atoms with E-state index in [-0.39, 0.29) is 5.69 Å². The van der Waals surface area contributed by atoms with Crippen molar-refractivity contribution in [1.82, 2.24) is 5.32 Å². The largest absolute Gasteiger partial charge is 0.387 e. The van der Waals surface area contributed by atoms with Crippen LogP contribution in [0.1, 0.15) is 25.0 Å². The second-order valence-corrected chi connectivity index (χ2v) is 3.93. The normalized spacial score (nSPS) is 12.8. The van der Waals surface area contributed by atoms with E-state index in [0.717, 1.165) is 13.0 Å². The van der Waals surface area contributed by atoms with Crippen LogP contribution in [-0.4, -0.2) is 23.1 Å². The second kappa shape index (κ2) is 7.58. The van der Waals surface area contributed by atoms with Crippen LogP contribution in [0.5, 0.6) is 0 Å². The summed E-state index contributed by atoms with van der Waals surface area (Å²) in [6.07, 6.45) is 4.31. The predicted molar refractivity (Wildman–Crippen MR) is 70.4 cm³/mol. The van der Waals surface area contributed by atoms with Gasteiger partial charge in [0.15, 0.2) is 0 Å². The Hall–Kier alpha value is -1.72. The number of hydrogen-bond donors (Lipinski definition) is 2. The van der Waals surface area contributed by atoms with Crippen LogP contribution in [0, 0.1) is 10.1 Å². The van der Waals surface area contributed by atoms with Crippen molar-refractivity contribution in [3.8, 4) is 0 Å². The number of aliphatic hydroxyl groups is 1. The van der Waals surface area contributed by atoms with Crippen molar-refractivity contribution in [3.05, 3.63) is 52.1 Å². The number of nitrogens with one attached hydrogen (secondary N) is 1. The van der Waals surface area contributed by atoms with Crippen LogP contribution in [0.3, 0.4) is 0 Å². The average molecular weight is 250 g/mol. The van der Waals surface area contributed by atoms with Crippen LogP contribution >= 0.6 is 0 Å². The Morgan fingerprint density at radius 2 is 2.11 bits per heavy atom. The molecule has 1 atom stereocenters. The highest BCUT2D eigenvalue weighted by molar-refractivity contribution is 5.33. The zero-order valence-electron chi connectivity index (χ0n) is 10.4. The van der Waals surface area contributed by atoms with Gasteiger partial charge in [-0.2, -0.15) is 0 Å². The molecule has 18 heavy (non-hydrogen) atoms. The van der Waals surface area contributed by atoms with Gasteiger partial charge in [0.05, 0.1) is 11.0 Å². The fraction of sp³-hybridized carbons (Fsp3) is 0.385. The smallest absolute Gasteiger partial charge is 0.269 e. The summed E-state index contributed by atoms with van der Waals surface area (Å²) in [5.74, 6) is 0. The van der Waals surface area contributed by atoms with E-state index in [9.17, 15) is 15.2 Å². The van der Waals surface area contributed by atoms with Gasteiger partial charge in [0.2, 0.25) is 0 Å². The molecule has 0 radical (unpaired) electrons. The Labute approximate surface area is 106 Å². The molecule has 5 heteroatoms. The molecule has 98 valence electrons. The van der Waals surface area contributed by atoms with Crippen LogP contribution < -0.4 is 5.32 Å². The van der Waals surface area contributed by atoms with Crippen molar-refractivity contribution in [3.63, 3.8) is 0 Å². The Morgan fingerprint density at radius 1 is 1.44 bits per heavy atom. The third kappa shape index (κ3) is 4.65. The molecule has 0 aliphatic carbocycles. The van der Waals surface area contributed by atoms with E-state index in [0.29, 0.717) is 12.1 Å². The van der Waals surface area contributed by atoms with Gasteiger partial charge >= 0.3 is 0 Å². The summed E-state index contributed by atoms with van der Waals surface area (Å²) < 4.78 is 0. The molecule has 1 aromatic rings. The molecule has 1 rings (SSSR count).